The molecule has 3 aromatic rings. The molecule has 1 heterocycles. The van der Waals surface area contributed by atoms with Gasteiger partial charge in [0.25, 0.3) is 5.91 Å². The molecule has 0 aromatic heterocycles. The SMILES string of the molecule is C/C(=N\NC(=O)C1CCN(S(=O)(=O)c2cc(Cl)ccc2Cl)CC1)c1ccc(NC(=O)COc2ccc(Cl)cc2)cc1. The molecule has 4 rings (SSSR count). The van der Waals surface area contributed by atoms with Gasteiger partial charge >= 0.3 is 0 Å². The van der Waals surface area contributed by atoms with Gasteiger partial charge in [-0.3, -0.25) is 9.59 Å². The van der Waals surface area contributed by atoms with E-state index in [1.54, 1.807) is 55.5 Å². The number of carbonyl (C=O) groups is 2. The number of anilines is 1. The normalized spacial score (nSPS) is 14.9. The smallest absolute Gasteiger partial charge is 0.262 e. The van der Waals surface area contributed by atoms with Gasteiger partial charge in [0.05, 0.1) is 10.7 Å². The van der Waals surface area contributed by atoms with Crippen LogP contribution in [0.1, 0.15) is 25.3 Å². The molecule has 216 valence electrons. The summed E-state index contributed by atoms with van der Waals surface area (Å²) in [7, 11) is -3.83. The van der Waals surface area contributed by atoms with Crippen LogP contribution in [0.3, 0.4) is 0 Å². The fourth-order valence-electron chi connectivity index (χ4n) is 4.14. The summed E-state index contributed by atoms with van der Waals surface area (Å²) in [6.45, 7) is 1.93. The van der Waals surface area contributed by atoms with E-state index in [4.69, 9.17) is 39.5 Å². The van der Waals surface area contributed by atoms with Crippen molar-refractivity contribution in [3.63, 3.8) is 0 Å². The quantitative estimate of drug-likeness (QED) is 0.234. The first-order valence-electron chi connectivity index (χ1n) is 12.6. The van der Waals surface area contributed by atoms with Crippen LogP contribution in [0.25, 0.3) is 0 Å². The van der Waals surface area contributed by atoms with Crippen molar-refractivity contribution in [2.24, 2.45) is 11.0 Å². The standard InChI is InChI=1S/C28H27Cl3N4O5S/c1-18(19-2-7-23(8-3-19)32-27(36)17-40-24-9-4-21(29)5-10-24)33-34-28(37)20-12-14-35(15-13-20)41(38,39)26-16-22(30)6-11-25(26)31/h2-11,16,20H,12-15,17H2,1H3,(H,32,36)(H,34,37)/b33-18+. The first kappa shape index (κ1) is 30.8. The Kier molecular flexibility index (Phi) is 10.3. The highest BCUT2D eigenvalue weighted by molar-refractivity contribution is 7.89. The second-order valence-corrected chi connectivity index (χ2v) is 12.5. The minimum absolute atomic E-state index is 0.0494. The lowest BCUT2D eigenvalue weighted by molar-refractivity contribution is -0.126. The van der Waals surface area contributed by atoms with Crippen molar-refractivity contribution in [1.82, 2.24) is 9.73 Å². The number of hydrogen-bond acceptors (Lipinski definition) is 6. The van der Waals surface area contributed by atoms with E-state index < -0.39 is 10.0 Å². The molecule has 2 amide bonds. The number of halogens is 3. The number of piperidine rings is 1. The number of hydrazone groups is 1. The molecule has 0 bridgehead atoms. The van der Waals surface area contributed by atoms with Gasteiger partial charge in [0, 0.05) is 34.7 Å². The second-order valence-electron chi connectivity index (χ2n) is 9.29. The third-order valence-corrected chi connectivity index (χ3v) is 9.31. The summed E-state index contributed by atoms with van der Waals surface area (Å²) in [5, 5.41) is 7.90. The number of nitrogens with zero attached hydrogens (tertiary/aromatic N) is 2. The zero-order chi connectivity index (χ0) is 29.6. The maximum Gasteiger partial charge on any atom is 0.262 e. The average Bonchev–Trinajstić information content (AvgIpc) is 2.97. The number of ether oxygens (including phenoxy) is 1. The average molecular weight is 638 g/mol. The number of nitrogens with one attached hydrogen (secondary N) is 2. The number of amides is 2. The molecule has 0 aliphatic carbocycles. The Hall–Kier alpha value is -3.15. The Labute approximate surface area is 253 Å². The molecule has 0 radical (unpaired) electrons. The van der Waals surface area contributed by atoms with Crippen LogP contribution in [0, 0.1) is 5.92 Å². The van der Waals surface area contributed by atoms with Crippen molar-refractivity contribution < 1.29 is 22.7 Å². The van der Waals surface area contributed by atoms with E-state index in [0.29, 0.717) is 35.0 Å². The zero-order valence-corrected chi connectivity index (χ0v) is 25.0. The van der Waals surface area contributed by atoms with Crippen molar-refractivity contribution in [3.05, 3.63) is 87.4 Å². The predicted octanol–water partition coefficient (Wildman–Crippen LogP) is 5.61. The lowest BCUT2D eigenvalue weighted by Crippen LogP contribution is -2.42. The van der Waals surface area contributed by atoms with Crippen LogP contribution in [0.4, 0.5) is 5.69 Å². The van der Waals surface area contributed by atoms with Crippen LogP contribution in [-0.4, -0.2) is 49.9 Å². The third-order valence-electron chi connectivity index (χ3n) is 6.44. The minimum atomic E-state index is -3.83. The predicted molar refractivity (Wildman–Crippen MR) is 160 cm³/mol. The first-order chi connectivity index (χ1) is 19.5. The molecule has 9 nitrogen and oxygen atoms in total. The van der Waals surface area contributed by atoms with E-state index in [2.05, 4.69) is 15.8 Å². The minimum Gasteiger partial charge on any atom is -0.484 e. The molecule has 1 saturated heterocycles. The number of carbonyl (C=O) groups excluding carboxylic acids is 2. The van der Waals surface area contributed by atoms with E-state index >= 15 is 0 Å². The van der Waals surface area contributed by atoms with Gasteiger partial charge in [0.2, 0.25) is 15.9 Å². The van der Waals surface area contributed by atoms with Crippen LogP contribution in [0.15, 0.2) is 76.7 Å². The largest absolute Gasteiger partial charge is 0.484 e. The van der Waals surface area contributed by atoms with Gasteiger partial charge in [-0.2, -0.15) is 9.41 Å². The lowest BCUT2D eigenvalue weighted by Gasteiger charge is -2.30. The van der Waals surface area contributed by atoms with Crippen LogP contribution in [0.5, 0.6) is 5.75 Å². The summed E-state index contributed by atoms with van der Waals surface area (Å²) in [6, 6.07) is 18.0. The van der Waals surface area contributed by atoms with Crippen LogP contribution >= 0.6 is 34.8 Å². The Morgan fingerprint density at radius 1 is 0.951 bits per heavy atom. The van der Waals surface area contributed by atoms with Crippen LogP contribution < -0.4 is 15.5 Å². The molecule has 13 heteroatoms. The van der Waals surface area contributed by atoms with Crippen LogP contribution in [0.2, 0.25) is 15.1 Å². The van der Waals surface area contributed by atoms with Crippen LogP contribution in [-0.2, 0) is 19.6 Å². The molecule has 3 aromatic carbocycles. The Morgan fingerprint density at radius 2 is 1.59 bits per heavy atom. The van der Waals surface area contributed by atoms with E-state index in [9.17, 15) is 18.0 Å². The van der Waals surface area contributed by atoms with Crippen molar-refractivity contribution >= 4 is 68.0 Å². The maximum atomic E-state index is 13.0. The van der Waals surface area contributed by atoms with Crippen molar-refractivity contribution in [2.75, 3.05) is 25.0 Å². The van der Waals surface area contributed by atoms with E-state index in [-0.39, 0.29) is 52.4 Å². The highest BCUT2D eigenvalue weighted by Crippen LogP contribution is 2.30. The summed E-state index contributed by atoms with van der Waals surface area (Å²) in [5.41, 5.74) is 4.48. The molecule has 0 atom stereocenters. The molecular weight excluding hydrogens is 611 g/mol. The molecule has 0 spiro atoms. The van der Waals surface area contributed by atoms with Gasteiger partial charge in [-0.05, 0) is 79.9 Å². The van der Waals surface area contributed by atoms with Crippen molar-refractivity contribution in [3.8, 4) is 5.75 Å². The summed E-state index contributed by atoms with van der Waals surface area (Å²) < 4.78 is 32.8. The number of sulfonamides is 1. The Bertz CT molecular complexity index is 1540. The summed E-state index contributed by atoms with van der Waals surface area (Å²) in [6.07, 6.45) is 0.682. The highest BCUT2D eigenvalue weighted by atomic mass is 35.5. The third kappa shape index (κ3) is 8.21. The van der Waals surface area contributed by atoms with Gasteiger partial charge in [-0.25, -0.2) is 13.8 Å². The van der Waals surface area contributed by atoms with Crippen molar-refractivity contribution in [1.29, 1.82) is 0 Å². The first-order valence-corrected chi connectivity index (χ1v) is 15.2. The Balaban J connectivity index is 1.25. The summed E-state index contributed by atoms with van der Waals surface area (Å²) in [5.74, 6) is -0.459. The highest BCUT2D eigenvalue weighted by Gasteiger charge is 2.33. The maximum absolute atomic E-state index is 13.0. The van der Waals surface area contributed by atoms with Gasteiger partial charge < -0.3 is 10.1 Å². The fraction of sp³-hybridized carbons (Fsp3) is 0.250. The van der Waals surface area contributed by atoms with Gasteiger partial charge in [0.15, 0.2) is 6.61 Å². The molecule has 1 fully saturated rings. The number of rotatable bonds is 9. The van der Waals surface area contributed by atoms with E-state index in [1.807, 2.05) is 0 Å². The van der Waals surface area contributed by atoms with Gasteiger partial charge in [0.1, 0.15) is 10.6 Å². The summed E-state index contributed by atoms with van der Waals surface area (Å²) in [4.78, 5) is 24.9. The topological polar surface area (TPSA) is 117 Å². The molecule has 1 aliphatic heterocycles. The molecule has 0 saturated carbocycles. The molecule has 2 N–H and O–H groups in total. The van der Waals surface area contributed by atoms with Crippen molar-refractivity contribution in [2.45, 2.75) is 24.7 Å². The Morgan fingerprint density at radius 3 is 2.24 bits per heavy atom. The fourth-order valence-corrected chi connectivity index (χ4v) is 6.47. The molecule has 0 unspecified atom stereocenters. The zero-order valence-electron chi connectivity index (χ0n) is 21.9. The molecule has 41 heavy (non-hydrogen) atoms. The second kappa shape index (κ2) is 13.7. The molecular formula is C28H27Cl3N4O5S. The van der Waals surface area contributed by atoms with E-state index in [1.165, 1.54) is 22.5 Å². The van der Waals surface area contributed by atoms with Gasteiger partial charge in [-0.1, -0.05) is 46.9 Å². The number of hydrogen-bond donors (Lipinski definition) is 2. The number of benzene rings is 3. The monoisotopic (exact) mass is 636 g/mol. The lowest BCUT2D eigenvalue weighted by atomic mass is 9.98. The summed E-state index contributed by atoms with van der Waals surface area (Å²) >= 11 is 17.9. The molecule has 1 aliphatic rings. The van der Waals surface area contributed by atoms with E-state index in [0.717, 1.165) is 5.56 Å². The van der Waals surface area contributed by atoms with Gasteiger partial charge in [-0.15, -0.1) is 0 Å².